The van der Waals surface area contributed by atoms with Crippen molar-refractivity contribution in [1.82, 2.24) is 25.1 Å². The van der Waals surface area contributed by atoms with Gasteiger partial charge in [-0.05, 0) is 25.3 Å². The van der Waals surface area contributed by atoms with Crippen molar-refractivity contribution in [2.75, 3.05) is 26.2 Å². The summed E-state index contributed by atoms with van der Waals surface area (Å²) in [5.41, 5.74) is 1.48. The molecule has 0 aromatic carbocycles. The molecule has 4 rings (SSSR count). The van der Waals surface area contributed by atoms with E-state index in [1.165, 1.54) is 24.1 Å². The molecule has 34 heavy (non-hydrogen) atoms. The van der Waals surface area contributed by atoms with E-state index >= 15 is 0 Å². The summed E-state index contributed by atoms with van der Waals surface area (Å²) in [4.78, 5) is 57.9. The van der Waals surface area contributed by atoms with E-state index in [0.717, 1.165) is 18.4 Å². The number of H-pyrrole nitrogens is 2. The number of aliphatic hydroxyl groups excluding tert-OH is 1. The Morgan fingerprint density at radius 3 is 2.53 bits per heavy atom. The number of allylic oxidation sites excluding steroid dienone is 3. The van der Waals surface area contributed by atoms with Gasteiger partial charge in [0.1, 0.15) is 5.69 Å². The number of hydrogen-bond acceptors (Lipinski definition) is 5. The van der Waals surface area contributed by atoms with Crippen LogP contribution < -0.4 is 10.9 Å². The van der Waals surface area contributed by atoms with Crippen LogP contribution in [0.4, 0.5) is 0 Å². The van der Waals surface area contributed by atoms with Crippen molar-refractivity contribution in [3.63, 3.8) is 0 Å². The van der Waals surface area contributed by atoms with Gasteiger partial charge in [0.05, 0.1) is 11.6 Å². The van der Waals surface area contributed by atoms with Crippen molar-refractivity contribution >= 4 is 28.6 Å². The van der Waals surface area contributed by atoms with Gasteiger partial charge in [0.15, 0.2) is 6.10 Å². The van der Waals surface area contributed by atoms with E-state index in [1.54, 1.807) is 11.0 Å². The maximum Gasteiger partial charge on any atom is 0.268 e. The van der Waals surface area contributed by atoms with E-state index in [9.17, 15) is 24.3 Å². The van der Waals surface area contributed by atoms with Crippen LogP contribution in [0, 0.1) is 0 Å². The Kier molecular flexibility index (Phi) is 6.97. The molecule has 1 saturated heterocycles. The highest BCUT2D eigenvalue weighted by Crippen LogP contribution is 2.19. The zero-order valence-electron chi connectivity index (χ0n) is 19.0. The predicted octanol–water partition coefficient (Wildman–Crippen LogP) is 0.673. The summed E-state index contributed by atoms with van der Waals surface area (Å²) in [6.45, 7) is 2.96. The van der Waals surface area contributed by atoms with Crippen LogP contribution in [-0.4, -0.2) is 80.9 Å². The molecule has 10 heteroatoms. The van der Waals surface area contributed by atoms with Gasteiger partial charge < -0.3 is 30.2 Å². The lowest BCUT2D eigenvalue weighted by Crippen LogP contribution is -2.56. The lowest BCUT2D eigenvalue weighted by atomic mass is 9.96. The summed E-state index contributed by atoms with van der Waals surface area (Å²) >= 11 is 0. The lowest BCUT2D eigenvalue weighted by molar-refractivity contribution is -0.146. The summed E-state index contributed by atoms with van der Waals surface area (Å²) in [5.74, 6) is -1.01. The Bertz CT molecular complexity index is 1200. The molecule has 2 aliphatic rings. The zero-order chi connectivity index (χ0) is 24.2. The quantitative estimate of drug-likeness (QED) is 0.495. The Morgan fingerprint density at radius 1 is 1.12 bits per heavy atom. The molecular formula is C24H29N5O5. The second-order valence-corrected chi connectivity index (χ2v) is 8.67. The van der Waals surface area contributed by atoms with Crippen molar-refractivity contribution < 1.29 is 19.5 Å². The molecule has 1 aliphatic carbocycles. The van der Waals surface area contributed by atoms with Crippen LogP contribution in [0.15, 0.2) is 46.9 Å². The van der Waals surface area contributed by atoms with Gasteiger partial charge in [-0.15, -0.1) is 0 Å². The van der Waals surface area contributed by atoms with Crippen LogP contribution in [0.3, 0.4) is 0 Å². The molecular weight excluding hydrogens is 438 g/mol. The van der Waals surface area contributed by atoms with Gasteiger partial charge in [0.2, 0.25) is 11.5 Å². The third kappa shape index (κ3) is 5.28. The highest BCUT2D eigenvalue weighted by atomic mass is 16.3. The number of amides is 3. The summed E-state index contributed by atoms with van der Waals surface area (Å²) in [6, 6.07) is 2.09. The van der Waals surface area contributed by atoms with E-state index in [-0.39, 0.29) is 17.2 Å². The number of carbonyl (C=O) groups is 3. The van der Waals surface area contributed by atoms with E-state index in [0.29, 0.717) is 43.5 Å². The Balaban J connectivity index is 1.50. The fourth-order valence-corrected chi connectivity index (χ4v) is 4.34. The molecule has 2 aromatic heterocycles. The summed E-state index contributed by atoms with van der Waals surface area (Å²) in [5, 5.41) is 14.4. The number of aliphatic hydroxyl groups is 1. The van der Waals surface area contributed by atoms with Crippen molar-refractivity contribution in [3.8, 4) is 0 Å². The number of hydrogen-bond donors (Lipinski definition) is 4. The normalized spacial score (nSPS) is 17.9. The van der Waals surface area contributed by atoms with E-state index in [2.05, 4.69) is 15.3 Å². The van der Waals surface area contributed by atoms with Gasteiger partial charge in [-0.2, -0.15) is 0 Å². The van der Waals surface area contributed by atoms with Gasteiger partial charge in [-0.1, -0.05) is 23.8 Å². The molecule has 1 fully saturated rings. The molecule has 180 valence electrons. The Hall–Kier alpha value is -3.66. The number of pyridine rings is 1. The first-order chi connectivity index (χ1) is 16.3. The summed E-state index contributed by atoms with van der Waals surface area (Å²) < 4.78 is 0. The molecule has 1 aliphatic heterocycles. The molecule has 3 amide bonds. The van der Waals surface area contributed by atoms with Crippen molar-refractivity contribution in [2.24, 2.45) is 0 Å². The average Bonchev–Trinajstić information content (AvgIpc) is 3.27. The minimum absolute atomic E-state index is 0.0474. The van der Waals surface area contributed by atoms with Gasteiger partial charge in [-0.3, -0.25) is 19.2 Å². The number of carbonyl (C=O) groups excluding carboxylic acids is 3. The third-order valence-electron chi connectivity index (χ3n) is 6.28. The second kappa shape index (κ2) is 10.1. The number of nitrogens with one attached hydrogen (secondary N) is 3. The average molecular weight is 468 g/mol. The number of fused-ring (bicyclic) bond motifs is 1. The molecule has 0 saturated carbocycles. The standard InChI is InChI=1S/C24H29N5O5/c1-15(30)28-7-9-29(10-8-28)24(34)22(32)18(11-16-5-3-2-4-6-16)27-23(33)19-12-17-13-21(31)25-14-20(17)26-19/h3,5-6,12-14,18,22,26,32H,2,4,7-11H2,1H3,(H,25,31)(H,27,33)/t18-,22-/m1/s1. The molecule has 0 unspecified atom stereocenters. The highest BCUT2D eigenvalue weighted by Gasteiger charge is 2.33. The number of nitrogens with zero attached hydrogens (tertiary/aromatic N) is 2. The molecule has 3 heterocycles. The largest absolute Gasteiger partial charge is 0.381 e. The van der Waals surface area contributed by atoms with Gasteiger partial charge >= 0.3 is 0 Å². The van der Waals surface area contributed by atoms with Gasteiger partial charge in [0, 0.05) is 50.8 Å². The van der Waals surface area contributed by atoms with Crippen LogP contribution in [0.2, 0.25) is 0 Å². The number of aromatic amines is 2. The fourth-order valence-electron chi connectivity index (χ4n) is 4.34. The molecule has 2 atom stereocenters. The van der Waals surface area contributed by atoms with Crippen LogP contribution >= 0.6 is 0 Å². The lowest BCUT2D eigenvalue weighted by Gasteiger charge is -2.36. The summed E-state index contributed by atoms with van der Waals surface area (Å²) in [7, 11) is 0. The van der Waals surface area contributed by atoms with Crippen LogP contribution in [0.5, 0.6) is 0 Å². The first kappa shape index (κ1) is 23.5. The minimum Gasteiger partial charge on any atom is -0.381 e. The Labute approximate surface area is 196 Å². The van der Waals surface area contributed by atoms with E-state index in [4.69, 9.17) is 0 Å². The molecule has 0 spiro atoms. The topological polar surface area (TPSA) is 139 Å². The maximum atomic E-state index is 13.1. The zero-order valence-corrected chi connectivity index (χ0v) is 19.0. The fraction of sp³-hybridized carbons (Fsp3) is 0.417. The smallest absolute Gasteiger partial charge is 0.268 e. The van der Waals surface area contributed by atoms with Crippen molar-refractivity contribution in [3.05, 3.63) is 58.2 Å². The van der Waals surface area contributed by atoms with Crippen molar-refractivity contribution in [1.29, 1.82) is 0 Å². The predicted molar refractivity (Wildman–Crippen MR) is 126 cm³/mol. The second-order valence-electron chi connectivity index (χ2n) is 8.67. The maximum absolute atomic E-state index is 13.1. The number of rotatable bonds is 6. The highest BCUT2D eigenvalue weighted by molar-refractivity contribution is 5.98. The summed E-state index contributed by atoms with van der Waals surface area (Å²) in [6.07, 6.45) is 8.13. The first-order valence-corrected chi connectivity index (χ1v) is 11.4. The molecule has 4 N–H and O–H groups in total. The van der Waals surface area contributed by atoms with Gasteiger partial charge in [0.25, 0.3) is 11.8 Å². The Morgan fingerprint density at radius 2 is 1.85 bits per heavy atom. The molecule has 0 bridgehead atoms. The SMILES string of the molecule is CC(=O)N1CCN(C(=O)[C@H](O)[C@@H](CC2=CCCC=C2)NC(=O)c2cc3cc(=O)[nH]cc3[nH]2)CC1. The first-order valence-electron chi connectivity index (χ1n) is 11.4. The third-order valence-corrected chi connectivity index (χ3v) is 6.28. The molecule has 2 aromatic rings. The number of piperazine rings is 1. The monoisotopic (exact) mass is 467 g/mol. The van der Waals surface area contributed by atoms with Crippen LogP contribution in [0.1, 0.15) is 36.7 Å². The minimum atomic E-state index is -1.45. The number of aromatic nitrogens is 2. The van der Waals surface area contributed by atoms with Gasteiger partial charge in [-0.25, -0.2) is 0 Å². The van der Waals surface area contributed by atoms with E-state index < -0.39 is 24.0 Å². The van der Waals surface area contributed by atoms with Crippen LogP contribution in [-0.2, 0) is 9.59 Å². The van der Waals surface area contributed by atoms with E-state index in [1.807, 2.05) is 18.2 Å². The van der Waals surface area contributed by atoms with Crippen LogP contribution in [0.25, 0.3) is 10.9 Å². The molecule has 10 nitrogen and oxygen atoms in total. The molecule has 0 radical (unpaired) electrons. The van der Waals surface area contributed by atoms with Crippen molar-refractivity contribution in [2.45, 2.75) is 38.3 Å².